The van der Waals surface area contributed by atoms with E-state index in [0.29, 0.717) is 0 Å². The third kappa shape index (κ3) is 3.70. The second-order valence-corrected chi connectivity index (χ2v) is 7.73. The number of fused-ring (bicyclic) bond motifs is 1. The van der Waals surface area contributed by atoms with Gasteiger partial charge in [-0.2, -0.15) is 0 Å². The van der Waals surface area contributed by atoms with Crippen molar-refractivity contribution in [1.29, 1.82) is 0 Å². The van der Waals surface area contributed by atoms with Crippen LogP contribution >= 0.6 is 0 Å². The molecule has 0 unspecified atom stereocenters. The first kappa shape index (κ1) is 22.1. The summed E-state index contributed by atoms with van der Waals surface area (Å²) in [4.78, 5) is 13.3. The minimum atomic E-state index is -1.71. The summed E-state index contributed by atoms with van der Waals surface area (Å²) in [6, 6.07) is 5.72. The SMILES string of the molecule is C[C@H]1O[C@H](O[C@H]2C(=O)c3c(O)cc(O)cc3O[C@@H]2c2ccc(O)c(O)c2)[C@@H](O)[C@@H](O)[C@@H]1O. The lowest BCUT2D eigenvalue weighted by molar-refractivity contribution is -0.304. The van der Waals surface area contributed by atoms with Crippen molar-refractivity contribution in [2.45, 2.75) is 49.8 Å². The number of phenols is 4. The number of ketones is 1. The lowest BCUT2D eigenvalue weighted by Crippen LogP contribution is -2.59. The number of aliphatic hydroxyl groups is 3. The number of phenolic OH excluding ortho intramolecular Hbond substituents is 4. The Morgan fingerprint density at radius 3 is 2.28 bits per heavy atom. The maximum Gasteiger partial charge on any atom is 0.203 e. The van der Waals surface area contributed by atoms with Gasteiger partial charge in [0.1, 0.15) is 41.1 Å². The highest BCUT2D eigenvalue weighted by Crippen LogP contribution is 2.44. The van der Waals surface area contributed by atoms with Crippen molar-refractivity contribution in [3.05, 3.63) is 41.5 Å². The molecule has 32 heavy (non-hydrogen) atoms. The molecular weight excluding hydrogens is 428 g/mol. The van der Waals surface area contributed by atoms with Gasteiger partial charge in [0.25, 0.3) is 0 Å². The number of benzene rings is 2. The van der Waals surface area contributed by atoms with Crippen LogP contribution in [0.2, 0.25) is 0 Å². The molecule has 0 aromatic heterocycles. The molecular formula is C21H22O11. The van der Waals surface area contributed by atoms with Gasteiger partial charge in [0.15, 0.2) is 30.0 Å². The Labute approximate surface area is 181 Å². The molecule has 0 radical (unpaired) electrons. The molecule has 0 spiro atoms. The van der Waals surface area contributed by atoms with Gasteiger partial charge in [-0.3, -0.25) is 4.79 Å². The molecule has 1 saturated heterocycles. The van der Waals surface area contributed by atoms with E-state index in [-0.39, 0.29) is 22.6 Å². The Morgan fingerprint density at radius 1 is 0.875 bits per heavy atom. The lowest BCUT2D eigenvalue weighted by atomic mass is 9.92. The van der Waals surface area contributed by atoms with Crippen molar-refractivity contribution in [3.8, 4) is 28.7 Å². The predicted octanol–water partition coefficient (Wildman–Crippen LogP) is 0.0381. The van der Waals surface area contributed by atoms with E-state index in [1.165, 1.54) is 19.1 Å². The van der Waals surface area contributed by atoms with Crippen LogP contribution in [0.3, 0.4) is 0 Å². The molecule has 0 aliphatic carbocycles. The van der Waals surface area contributed by atoms with Crippen LogP contribution in [0.15, 0.2) is 30.3 Å². The number of Topliss-reactive ketones (excluding diaryl/α,β-unsaturated/α-hetero) is 1. The van der Waals surface area contributed by atoms with Gasteiger partial charge < -0.3 is 50.0 Å². The maximum absolute atomic E-state index is 13.3. The summed E-state index contributed by atoms with van der Waals surface area (Å²) < 4.78 is 16.9. The largest absolute Gasteiger partial charge is 0.508 e. The summed E-state index contributed by atoms with van der Waals surface area (Å²) in [5.41, 5.74) is -0.1000. The number of carbonyl (C=O) groups is 1. The highest BCUT2D eigenvalue weighted by molar-refractivity contribution is 6.05. The summed E-state index contributed by atoms with van der Waals surface area (Å²) in [6.07, 6.45) is -10.0. The molecule has 11 nitrogen and oxygen atoms in total. The van der Waals surface area contributed by atoms with Crippen LogP contribution in [0.1, 0.15) is 28.9 Å². The van der Waals surface area contributed by atoms with Gasteiger partial charge in [0, 0.05) is 12.1 Å². The van der Waals surface area contributed by atoms with E-state index >= 15 is 0 Å². The molecule has 172 valence electrons. The first-order valence-electron chi connectivity index (χ1n) is 9.72. The zero-order valence-corrected chi connectivity index (χ0v) is 16.7. The molecule has 0 saturated carbocycles. The fourth-order valence-electron chi connectivity index (χ4n) is 3.77. The first-order chi connectivity index (χ1) is 15.1. The molecule has 11 heteroatoms. The number of hydrogen-bond acceptors (Lipinski definition) is 11. The monoisotopic (exact) mass is 450 g/mol. The van der Waals surface area contributed by atoms with Gasteiger partial charge >= 0.3 is 0 Å². The molecule has 7 atom stereocenters. The highest BCUT2D eigenvalue weighted by Gasteiger charge is 2.48. The van der Waals surface area contributed by atoms with E-state index in [2.05, 4.69) is 0 Å². The average Bonchev–Trinajstić information content (AvgIpc) is 2.73. The molecule has 4 rings (SSSR count). The quantitative estimate of drug-likeness (QED) is 0.313. The smallest absolute Gasteiger partial charge is 0.203 e. The fourth-order valence-corrected chi connectivity index (χ4v) is 3.77. The Hall–Kier alpha value is -3.09. The number of hydrogen-bond donors (Lipinski definition) is 7. The fraction of sp³-hybridized carbons (Fsp3) is 0.381. The molecule has 0 amide bonds. The Morgan fingerprint density at radius 2 is 1.59 bits per heavy atom. The Balaban J connectivity index is 1.75. The number of aromatic hydroxyl groups is 4. The van der Waals surface area contributed by atoms with Crippen molar-refractivity contribution >= 4 is 5.78 Å². The van der Waals surface area contributed by atoms with E-state index in [1.807, 2.05) is 0 Å². The van der Waals surface area contributed by atoms with Crippen LogP contribution in [0, 0.1) is 0 Å². The molecule has 0 bridgehead atoms. The minimum absolute atomic E-state index is 0.154. The topological polar surface area (TPSA) is 186 Å². The van der Waals surface area contributed by atoms with Crippen molar-refractivity contribution in [3.63, 3.8) is 0 Å². The van der Waals surface area contributed by atoms with Crippen molar-refractivity contribution in [2.75, 3.05) is 0 Å². The second-order valence-electron chi connectivity index (χ2n) is 7.73. The molecule has 7 N–H and O–H groups in total. The van der Waals surface area contributed by atoms with E-state index in [0.717, 1.165) is 18.2 Å². The normalized spacial score (nSPS) is 32.2. The molecule has 2 aliphatic heterocycles. The first-order valence-corrected chi connectivity index (χ1v) is 9.72. The molecule has 2 aliphatic rings. The van der Waals surface area contributed by atoms with Crippen LogP contribution < -0.4 is 4.74 Å². The van der Waals surface area contributed by atoms with Gasteiger partial charge in [-0.25, -0.2) is 0 Å². The Kier molecular flexibility index (Phi) is 5.61. The van der Waals surface area contributed by atoms with Gasteiger partial charge in [-0.05, 0) is 24.6 Å². The van der Waals surface area contributed by atoms with Gasteiger partial charge in [-0.1, -0.05) is 6.07 Å². The van der Waals surface area contributed by atoms with E-state index in [4.69, 9.17) is 14.2 Å². The van der Waals surface area contributed by atoms with Crippen molar-refractivity contribution < 1.29 is 54.8 Å². The third-order valence-electron chi connectivity index (χ3n) is 5.52. The van der Waals surface area contributed by atoms with Gasteiger partial charge in [0.2, 0.25) is 5.78 Å². The third-order valence-corrected chi connectivity index (χ3v) is 5.52. The maximum atomic E-state index is 13.3. The zero-order chi connectivity index (χ0) is 23.3. The summed E-state index contributed by atoms with van der Waals surface area (Å²) in [7, 11) is 0. The van der Waals surface area contributed by atoms with Crippen LogP contribution in [-0.4, -0.2) is 78.3 Å². The summed E-state index contributed by atoms with van der Waals surface area (Å²) in [5, 5.41) is 69.7. The number of ether oxygens (including phenoxy) is 3. The van der Waals surface area contributed by atoms with Crippen molar-refractivity contribution in [1.82, 2.24) is 0 Å². The molecule has 2 heterocycles. The number of carbonyl (C=O) groups excluding carboxylic acids is 1. The second kappa shape index (κ2) is 8.11. The standard InChI is InChI=1S/C21H22O11/c1-7-15(26)17(28)18(29)21(30-7)32-20-16(27)14-12(25)5-9(22)6-13(14)31-19(20)8-2-3-10(23)11(24)4-8/h2-7,15,17-26,28-29H,1H3/t7-,15-,17+,18+,19-,20+,21-/m1/s1. The minimum Gasteiger partial charge on any atom is -0.508 e. The lowest BCUT2D eigenvalue weighted by Gasteiger charge is -2.42. The summed E-state index contributed by atoms with van der Waals surface area (Å²) in [5.74, 6) is -2.79. The van der Waals surface area contributed by atoms with Gasteiger partial charge in [0.05, 0.1) is 6.10 Å². The molecule has 2 aromatic carbocycles. The van der Waals surface area contributed by atoms with E-state index in [1.54, 1.807) is 0 Å². The Bertz CT molecular complexity index is 1040. The number of aliphatic hydroxyl groups excluding tert-OH is 3. The van der Waals surface area contributed by atoms with Crippen LogP contribution in [0.25, 0.3) is 0 Å². The van der Waals surface area contributed by atoms with Crippen LogP contribution in [0.5, 0.6) is 28.7 Å². The van der Waals surface area contributed by atoms with Crippen LogP contribution in [-0.2, 0) is 9.47 Å². The van der Waals surface area contributed by atoms with E-state index < -0.39 is 65.9 Å². The summed E-state index contributed by atoms with van der Waals surface area (Å²) in [6.45, 7) is 1.44. The van der Waals surface area contributed by atoms with Crippen molar-refractivity contribution in [2.24, 2.45) is 0 Å². The number of rotatable bonds is 3. The molecule has 1 fully saturated rings. The van der Waals surface area contributed by atoms with Gasteiger partial charge in [-0.15, -0.1) is 0 Å². The van der Waals surface area contributed by atoms with E-state index in [9.17, 15) is 40.5 Å². The average molecular weight is 450 g/mol. The molecule has 2 aromatic rings. The van der Waals surface area contributed by atoms with Crippen LogP contribution in [0.4, 0.5) is 0 Å². The predicted molar refractivity (Wildman–Crippen MR) is 104 cm³/mol. The zero-order valence-electron chi connectivity index (χ0n) is 16.7. The highest BCUT2D eigenvalue weighted by atomic mass is 16.7. The summed E-state index contributed by atoms with van der Waals surface area (Å²) >= 11 is 0.